The number of anilines is 2. The molecule has 19 heavy (non-hydrogen) atoms. The van der Waals surface area contributed by atoms with Crippen LogP contribution >= 0.6 is 0 Å². The van der Waals surface area contributed by atoms with Crippen LogP contribution in [0.2, 0.25) is 0 Å². The van der Waals surface area contributed by atoms with E-state index in [0.29, 0.717) is 18.9 Å². The van der Waals surface area contributed by atoms with E-state index in [4.69, 9.17) is 9.47 Å². The predicted octanol–water partition coefficient (Wildman–Crippen LogP) is 1.24. The van der Waals surface area contributed by atoms with Crippen LogP contribution in [0, 0.1) is 11.7 Å². The lowest BCUT2D eigenvalue weighted by atomic mass is 10.0. The van der Waals surface area contributed by atoms with Crippen molar-refractivity contribution in [2.24, 2.45) is 5.92 Å². The molecule has 0 spiro atoms. The lowest BCUT2D eigenvalue weighted by molar-refractivity contribution is -0.120. The number of nitrogens with one attached hydrogen (secondary N) is 1. The molecule has 1 amide bonds. The standard InChI is InChI=1S/C13H15FN2O3/c1-16-10-4-12(18-2)8(14)3-9(10)15-13(17)7-5-19-6-11(7)16/h3-4,7,11H,5-6H2,1-2H3,(H,15,17). The first kappa shape index (κ1) is 12.2. The highest BCUT2D eigenvalue weighted by atomic mass is 19.1. The molecule has 2 aliphatic heterocycles. The molecular weight excluding hydrogens is 251 g/mol. The molecule has 6 heteroatoms. The third kappa shape index (κ3) is 1.83. The van der Waals surface area contributed by atoms with Crippen LogP contribution in [0.25, 0.3) is 0 Å². The second-order valence-electron chi connectivity index (χ2n) is 4.82. The number of hydrogen-bond donors (Lipinski definition) is 1. The summed E-state index contributed by atoms with van der Waals surface area (Å²) in [4.78, 5) is 14.0. The van der Waals surface area contributed by atoms with E-state index in [-0.39, 0.29) is 23.6 Å². The minimum atomic E-state index is -0.488. The smallest absolute Gasteiger partial charge is 0.232 e. The highest BCUT2D eigenvalue weighted by Crippen LogP contribution is 2.38. The normalized spacial score (nSPS) is 25.4. The number of carbonyl (C=O) groups is 1. The second-order valence-corrected chi connectivity index (χ2v) is 4.82. The van der Waals surface area contributed by atoms with Crippen molar-refractivity contribution in [1.29, 1.82) is 0 Å². The zero-order valence-electron chi connectivity index (χ0n) is 10.8. The molecule has 0 aromatic heterocycles. The molecule has 1 N–H and O–H groups in total. The van der Waals surface area contributed by atoms with Crippen LogP contribution in [0.3, 0.4) is 0 Å². The molecule has 2 atom stereocenters. The summed E-state index contributed by atoms with van der Waals surface area (Å²) in [7, 11) is 3.30. The molecule has 2 aliphatic rings. The first-order chi connectivity index (χ1) is 9.11. The fourth-order valence-electron chi connectivity index (χ4n) is 2.67. The molecule has 1 saturated heterocycles. The Bertz CT molecular complexity index is 535. The van der Waals surface area contributed by atoms with Crippen molar-refractivity contribution in [1.82, 2.24) is 0 Å². The van der Waals surface area contributed by atoms with Crippen molar-refractivity contribution in [2.45, 2.75) is 6.04 Å². The molecular formula is C13H15FN2O3. The molecule has 0 aliphatic carbocycles. The highest BCUT2D eigenvalue weighted by Gasteiger charge is 2.40. The number of halogens is 1. The summed E-state index contributed by atoms with van der Waals surface area (Å²) in [5, 5.41) is 2.76. The molecule has 0 bridgehead atoms. The van der Waals surface area contributed by atoms with E-state index in [1.54, 1.807) is 6.07 Å². The SMILES string of the molecule is COc1cc2c(cc1F)NC(=O)C1COCC1N2C. The van der Waals surface area contributed by atoms with Crippen LogP contribution in [0.15, 0.2) is 12.1 Å². The molecule has 5 nitrogen and oxygen atoms in total. The Labute approximate surface area is 110 Å². The third-order valence-electron chi connectivity index (χ3n) is 3.79. The Kier molecular flexibility index (Phi) is 2.82. The number of nitrogens with zero attached hydrogens (tertiary/aromatic N) is 1. The number of amides is 1. The number of likely N-dealkylation sites (N-methyl/N-ethyl adjacent to an activating group) is 1. The van der Waals surface area contributed by atoms with Crippen LogP contribution in [-0.2, 0) is 9.53 Å². The molecule has 1 aromatic carbocycles. The fourth-order valence-corrected chi connectivity index (χ4v) is 2.67. The lowest BCUT2D eigenvalue weighted by Gasteiger charge is -2.27. The van der Waals surface area contributed by atoms with Crippen molar-refractivity contribution < 1.29 is 18.7 Å². The van der Waals surface area contributed by atoms with E-state index in [1.165, 1.54) is 13.2 Å². The van der Waals surface area contributed by atoms with Gasteiger partial charge < -0.3 is 19.7 Å². The third-order valence-corrected chi connectivity index (χ3v) is 3.79. The molecule has 0 radical (unpaired) electrons. The van der Waals surface area contributed by atoms with E-state index in [1.807, 2.05) is 11.9 Å². The van der Waals surface area contributed by atoms with Gasteiger partial charge in [0.25, 0.3) is 0 Å². The van der Waals surface area contributed by atoms with Crippen LogP contribution in [0.4, 0.5) is 15.8 Å². The minimum Gasteiger partial charge on any atom is -0.494 e. The van der Waals surface area contributed by atoms with Gasteiger partial charge in [0.05, 0.1) is 43.7 Å². The number of ether oxygens (including phenoxy) is 2. The van der Waals surface area contributed by atoms with E-state index in [9.17, 15) is 9.18 Å². The molecule has 1 aromatic rings. The van der Waals surface area contributed by atoms with Crippen molar-refractivity contribution in [3.63, 3.8) is 0 Å². The fraction of sp³-hybridized carbons (Fsp3) is 0.462. The molecule has 102 valence electrons. The van der Waals surface area contributed by atoms with Gasteiger partial charge in [-0.3, -0.25) is 4.79 Å². The summed E-state index contributed by atoms with van der Waals surface area (Å²) in [6.07, 6.45) is 0. The average molecular weight is 266 g/mol. The van der Waals surface area contributed by atoms with Gasteiger partial charge in [0.15, 0.2) is 11.6 Å². The average Bonchev–Trinajstić information content (AvgIpc) is 2.84. The summed E-state index contributed by atoms with van der Waals surface area (Å²) in [5.74, 6) is -0.681. The van der Waals surface area contributed by atoms with E-state index >= 15 is 0 Å². The zero-order valence-corrected chi connectivity index (χ0v) is 10.8. The summed E-state index contributed by atoms with van der Waals surface area (Å²) in [5.41, 5.74) is 1.21. The number of fused-ring (bicyclic) bond motifs is 2. The number of methoxy groups -OCH3 is 1. The number of rotatable bonds is 1. The Balaban J connectivity index is 2.10. The summed E-state index contributed by atoms with van der Waals surface area (Å²) < 4.78 is 24.1. The van der Waals surface area contributed by atoms with Gasteiger partial charge in [-0.15, -0.1) is 0 Å². The monoisotopic (exact) mass is 266 g/mol. The lowest BCUT2D eigenvalue weighted by Crippen LogP contribution is -2.40. The van der Waals surface area contributed by atoms with Gasteiger partial charge >= 0.3 is 0 Å². The van der Waals surface area contributed by atoms with Gasteiger partial charge in [-0.2, -0.15) is 0 Å². The van der Waals surface area contributed by atoms with E-state index in [2.05, 4.69) is 5.32 Å². The van der Waals surface area contributed by atoms with Crippen LogP contribution in [0.5, 0.6) is 5.75 Å². The summed E-state index contributed by atoms with van der Waals surface area (Å²) in [6, 6.07) is 2.87. The van der Waals surface area contributed by atoms with Crippen LogP contribution < -0.4 is 15.0 Å². The first-order valence-corrected chi connectivity index (χ1v) is 6.11. The van der Waals surface area contributed by atoms with Gasteiger partial charge in [-0.05, 0) is 0 Å². The Hall–Kier alpha value is -1.82. The maximum atomic E-state index is 13.7. The van der Waals surface area contributed by atoms with Gasteiger partial charge in [0.2, 0.25) is 5.91 Å². The van der Waals surface area contributed by atoms with Crippen molar-refractivity contribution >= 4 is 17.3 Å². The molecule has 2 heterocycles. The first-order valence-electron chi connectivity index (χ1n) is 6.11. The summed E-state index contributed by atoms with van der Waals surface area (Å²) >= 11 is 0. The zero-order chi connectivity index (χ0) is 13.6. The Morgan fingerprint density at radius 1 is 1.47 bits per heavy atom. The van der Waals surface area contributed by atoms with Gasteiger partial charge in [-0.1, -0.05) is 0 Å². The van der Waals surface area contributed by atoms with Gasteiger partial charge in [0, 0.05) is 19.2 Å². The molecule has 0 saturated carbocycles. The van der Waals surface area contributed by atoms with Crippen LogP contribution in [-0.4, -0.2) is 39.3 Å². The molecule has 2 unspecified atom stereocenters. The largest absolute Gasteiger partial charge is 0.494 e. The van der Waals surface area contributed by atoms with Gasteiger partial charge in [0.1, 0.15) is 0 Å². The Morgan fingerprint density at radius 2 is 2.26 bits per heavy atom. The Morgan fingerprint density at radius 3 is 3.00 bits per heavy atom. The molecule has 1 fully saturated rings. The second kappa shape index (κ2) is 4.38. The highest BCUT2D eigenvalue weighted by molar-refractivity contribution is 5.98. The number of carbonyl (C=O) groups excluding carboxylic acids is 1. The van der Waals surface area contributed by atoms with Crippen molar-refractivity contribution in [2.75, 3.05) is 37.6 Å². The minimum absolute atomic E-state index is 0.0311. The maximum Gasteiger partial charge on any atom is 0.232 e. The predicted molar refractivity (Wildman–Crippen MR) is 68.1 cm³/mol. The summed E-state index contributed by atoms with van der Waals surface area (Å²) in [6.45, 7) is 0.891. The number of benzene rings is 1. The van der Waals surface area contributed by atoms with E-state index < -0.39 is 5.82 Å². The van der Waals surface area contributed by atoms with E-state index in [0.717, 1.165) is 5.69 Å². The van der Waals surface area contributed by atoms with Gasteiger partial charge in [-0.25, -0.2) is 4.39 Å². The van der Waals surface area contributed by atoms with Crippen molar-refractivity contribution in [3.05, 3.63) is 17.9 Å². The number of hydrogen-bond acceptors (Lipinski definition) is 4. The topological polar surface area (TPSA) is 50.8 Å². The quantitative estimate of drug-likeness (QED) is 0.831. The van der Waals surface area contributed by atoms with Crippen molar-refractivity contribution in [3.8, 4) is 5.75 Å². The molecule has 3 rings (SSSR count). The van der Waals surface area contributed by atoms with Crippen LogP contribution in [0.1, 0.15) is 0 Å². The maximum absolute atomic E-state index is 13.7.